The van der Waals surface area contributed by atoms with Gasteiger partial charge in [-0.1, -0.05) is 11.6 Å². The minimum Gasteiger partial charge on any atom is -0.382 e. The lowest BCUT2D eigenvalue weighted by atomic mass is 10.2. The summed E-state index contributed by atoms with van der Waals surface area (Å²) in [4.78, 5) is 0. The molecule has 1 N–H and O–H groups in total. The Hall–Kier alpha value is -1.40. The first-order chi connectivity index (χ1) is 11.6. The van der Waals surface area contributed by atoms with Gasteiger partial charge < -0.3 is 14.8 Å². The van der Waals surface area contributed by atoms with Crippen LogP contribution >= 0.6 is 11.6 Å². The maximum Gasteiger partial charge on any atom is 0.0700 e. The molecule has 0 amide bonds. The lowest BCUT2D eigenvalue weighted by Crippen LogP contribution is -2.17. The second kappa shape index (κ2) is 9.79. The second-order valence-corrected chi connectivity index (χ2v) is 6.11. The first-order valence-electron chi connectivity index (χ1n) is 8.22. The molecule has 0 aliphatic rings. The summed E-state index contributed by atoms with van der Waals surface area (Å²) < 4.78 is 12.4. The van der Waals surface area contributed by atoms with Gasteiger partial charge >= 0.3 is 0 Å². The number of methoxy groups -OCH3 is 1. The van der Waals surface area contributed by atoms with Crippen LogP contribution in [0.3, 0.4) is 0 Å². The van der Waals surface area contributed by atoms with Gasteiger partial charge in [-0.2, -0.15) is 5.10 Å². The molecule has 0 spiro atoms. The SMILES string of the molecule is COCCOCCCNCc1c(C)nn(-c2ccc(Cl)cc2)c1C. The largest absolute Gasteiger partial charge is 0.382 e. The van der Waals surface area contributed by atoms with Crippen molar-refractivity contribution in [3.8, 4) is 5.69 Å². The molecular weight excluding hydrogens is 326 g/mol. The number of hydrogen-bond donors (Lipinski definition) is 1. The van der Waals surface area contributed by atoms with Gasteiger partial charge in [0.2, 0.25) is 0 Å². The Morgan fingerprint density at radius 1 is 1.12 bits per heavy atom. The third-order valence-electron chi connectivity index (χ3n) is 3.89. The normalized spacial score (nSPS) is 11.2. The Labute approximate surface area is 148 Å². The van der Waals surface area contributed by atoms with Crippen LogP contribution in [-0.4, -0.2) is 43.3 Å². The number of aromatic nitrogens is 2. The second-order valence-electron chi connectivity index (χ2n) is 5.67. The molecule has 0 unspecified atom stereocenters. The van der Waals surface area contributed by atoms with Gasteiger partial charge in [0.05, 0.1) is 24.6 Å². The number of rotatable bonds is 10. The van der Waals surface area contributed by atoms with E-state index in [0.29, 0.717) is 13.2 Å². The highest BCUT2D eigenvalue weighted by atomic mass is 35.5. The third kappa shape index (κ3) is 5.31. The van der Waals surface area contributed by atoms with Crippen LogP contribution in [0, 0.1) is 13.8 Å². The molecule has 6 heteroatoms. The summed E-state index contributed by atoms with van der Waals surface area (Å²) in [5.74, 6) is 0. The zero-order valence-corrected chi connectivity index (χ0v) is 15.4. The number of nitrogens with zero attached hydrogens (tertiary/aromatic N) is 2. The minimum atomic E-state index is 0.649. The lowest BCUT2D eigenvalue weighted by molar-refractivity contribution is 0.0695. The number of ether oxygens (including phenoxy) is 2. The molecule has 1 aromatic heterocycles. The third-order valence-corrected chi connectivity index (χ3v) is 4.14. The van der Waals surface area contributed by atoms with E-state index in [9.17, 15) is 0 Å². The highest BCUT2D eigenvalue weighted by Crippen LogP contribution is 2.19. The summed E-state index contributed by atoms with van der Waals surface area (Å²) in [6.45, 7) is 7.92. The maximum absolute atomic E-state index is 5.96. The average molecular weight is 352 g/mol. The fourth-order valence-electron chi connectivity index (χ4n) is 2.52. The highest BCUT2D eigenvalue weighted by molar-refractivity contribution is 6.30. The van der Waals surface area contributed by atoms with E-state index in [-0.39, 0.29) is 0 Å². The summed E-state index contributed by atoms with van der Waals surface area (Å²) in [7, 11) is 1.68. The van der Waals surface area contributed by atoms with Crippen LogP contribution in [0.25, 0.3) is 5.69 Å². The van der Waals surface area contributed by atoms with Crippen molar-refractivity contribution in [1.82, 2.24) is 15.1 Å². The van der Waals surface area contributed by atoms with Gasteiger partial charge in [-0.3, -0.25) is 0 Å². The van der Waals surface area contributed by atoms with E-state index in [1.807, 2.05) is 35.9 Å². The van der Waals surface area contributed by atoms with Gasteiger partial charge in [-0.25, -0.2) is 4.68 Å². The van der Waals surface area contributed by atoms with E-state index in [1.54, 1.807) is 7.11 Å². The average Bonchev–Trinajstić information content (AvgIpc) is 2.86. The van der Waals surface area contributed by atoms with Crippen molar-refractivity contribution in [2.24, 2.45) is 0 Å². The van der Waals surface area contributed by atoms with E-state index in [0.717, 1.165) is 48.2 Å². The molecule has 0 aliphatic carbocycles. The lowest BCUT2D eigenvalue weighted by Gasteiger charge is -2.07. The van der Waals surface area contributed by atoms with Crippen LogP contribution in [0.15, 0.2) is 24.3 Å². The van der Waals surface area contributed by atoms with E-state index in [1.165, 1.54) is 5.56 Å². The molecule has 0 bridgehead atoms. The molecular formula is C18H26ClN3O2. The van der Waals surface area contributed by atoms with E-state index in [4.69, 9.17) is 21.1 Å². The first kappa shape index (κ1) is 18.9. The zero-order chi connectivity index (χ0) is 17.4. The standard InChI is InChI=1S/C18H26ClN3O2/c1-14-18(13-20-9-4-10-24-12-11-23-3)15(2)22(21-14)17-7-5-16(19)6-8-17/h5-8,20H,4,9-13H2,1-3H3. The number of nitrogens with one attached hydrogen (secondary N) is 1. The first-order valence-corrected chi connectivity index (χ1v) is 8.59. The van der Waals surface area contributed by atoms with Crippen molar-refractivity contribution in [3.63, 3.8) is 0 Å². The van der Waals surface area contributed by atoms with Crippen LogP contribution in [0.5, 0.6) is 0 Å². The van der Waals surface area contributed by atoms with Crippen LogP contribution in [0.2, 0.25) is 5.02 Å². The predicted molar refractivity (Wildman–Crippen MR) is 97.1 cm³/mol. The molecule has 1 heterocycles. The van der Waals surface area contributed by atoms with Crippen LogP contribution in [-0.2, 0) is 16.0 Å². The molecule has 1 aromatic carbocycles. The van der Waals surface area contributed by atoms with Gasteiger partial charge in [0.1, 0.15) is 0 Å². The fourth-order valence-corrected chi connectivity index (χ4v) is 2.65. The van der Waals surface area contributed by atoms with Gasteiger partial charge in [0.15, 0.2) is 0 Å². The van der Waals surface area contributed by atoms with E-state index < -0.39 is 0 Å². The topological polar surface area (TPSA) is 48.3 Å². The van der Waals surface area contributed by atoms with E-state index in [2.05, 4.69) is 17.3 Å². The predicted octanol–water partition coefficient (Wildman–Crippen LogP) is 3.29. The molecule has 0 atom stereocenters. The van der Waals surface area contributed by atoms with Gasteiger partial charge in [0.25, 0.3) is 0 Å². The van der Waals surface area contributed by atoms with Crippen molar-refractivity contribution >= 4 is 11.6 Å². The van der Waals surface area contributed by atoms with E-state index >= 15 is 0 Å². The molecule has 0 aliphatic heterocycles. The maximum atomic E-state index is 5.96. The van der Waals surface area contributed by atoms with Gasteiger partial charge in [-0.05, 0) is 51.1 Å². The van der Waals surface area contributed by atoms with Crippen LogP contribution in [0.4, 0.5) is 0 Å². The molecule has 0 saturated heterocycles. The molecule has 132 valence electrons. The molecule has 24 heavy (non-hydrogen) atoms. The quantitative estimate of drug-likeness (QED) is 0.667. The van der Waals surface area contributed by atoms with Crippen molar-refractivity contribution in [2.75, 3.05) is 33.5 Å². The monoisotopic (exact) mass is 351 g/mol. The minimum absolute atomic E-state index is 0.649. The Bertz CT molecular complexity index is 626. The van der Waals surface area contributed by atoms with Gasteiger partial charge in [-0.15, -0.1) is 0 Å². The highest BCUT2D eigenvalue weighted by Gasteiger charge is 2.12. The zero-order valence-electron chi connectivity index (χ0n) is 14.6. The molecule has 2 rings (SSSR count). The molecule has 5 nitrogen and oxygen atoms in total. The number of halogens is 1. The van der Waals surface area contributed by atoms with Crippen molar-refractivity contribution < 1.29 is 9.47 Å². The van der Waals surface area contributed by atoms with Crippen molar-refractivity contribution in [2.45, 2.75) is 26.8 Å². The number of aryl methyl sites for hydroxylation is 1. The Morgan fingerprint density at radius 2 is 1.88 bits per heavy atom. The number of hydrogen-bond acceptors (Lipinski definition) is 4. The molecule has 0 fully saturated rings. The molecule has 2 aromatic rings. The number of benzene rings is 1. The smallest absolute Gasteiger partial charge is 0.0700 e. The summed E-state index contributed by atoms with van der Waals surface area (Å²) in [6.07, 6.45) is 0.979. The summed E-state index contributed by atoms with van der Waals surface area (Å²) in [5.41, 5.74) is 4.47. The molecule has 0 radical (unpaired) electrons. The summed E-state index contributed by atoms with van der Waals surface area (Å²) in [5, 5.41) is 8.85. The summed E-state index contributed by atoms with van der Waals surface area (Å²) >= 11 is 5.96. The van der Waals surface area contributed by atoms with Crippen molar-refractivity contribution in [3.05, 3.63) is 46.2 Å². The molecule has 0 saturated carbocycles. The van der Waals surface area contributed by atoms with Crippen LogP contribution < -0.4 is 5.32 Å². The summed E-state index contributed by atoms with van der Waals surface area (Å²) in [6, 6.07) is 7.73. The van der Waals surface area contributed by atoms with Crippen molar-refractivity contribution in [1.29, 1.82) is 0 Å². The Morgan fingerprint density at radius 3 is 2.58 bits per heavy atom. The Kier molecular flexibility index (Phi) is 7.72. The Balaban J connectivity index is 1.84. The van der Waals surface area contributed by atoms with Crippen LogP contribution in [0.1, 0.15) is 23.4 Å². The van der Waals surface area contributed by atoms with Gasteiger partial charge in [0, 0.05) is 36.5 Å². The fraction of sp³-hybridized carbons (Fsp3) is 0.500.